The van der Waals surface area contributed by atoms with E-state index in [-0.39, 0.29) is 35.4 Å². The van der Waals surface area contributed by atoms with Gasteiger partial charge in [0.1, 0.15) is 23.9 Å². The molecular weight excluding hydrogens is 428 g/mol. The first-order chi connectivity index (χ1) is 16.0. The lowest BCUT2D eigenvalue weighted by Gasteiger charge is -2.12. The van der Waals surface area contributed by atoms with E-state index in [1.54, 1.807) is 16.7 Å². The molecule has 2 unspecified atom stereocenters. The van der Waals surface area contributed by atoms with Crippen LogP contribution in [0.25, 0.3) is 5.65 Å². The van der Waals surface area contributed by atoms with Crippen LogP contribution in [-0.4, -0.2) is 39.3 Å². The Morgan fingerprint density at radius 2 is 2.18 bits per heavy atom. The number of carbonyl (C=O) groups is 1. The van der Waals surface area contributed by atoms with Crippen molar-refractivity contribution in [2.24, 2.45) is 4.99 Å². The fourth-order valence-corrected chi connectivity index (χ4v) is 4.42. The minimum Gasteiger partial charge on any atom is -0.485 e. The molecule has 3 heterocycles. The van der Waals surface area contributed by atoms with Crippen LogP contribution in [0.15, 0.2) is 35.5 Å². The van der Waals surface area contributed by atoms with Crippen molar-refractivity contribution < 1.29 is 18.3 Å². The molecule has 5 rings (SSSR count). The Morgan fingerprint density at radius 3 is 2.85 bits per heavy atom. The van der Waals surface area contributed by atoms with Crippen molar-refractivity contribution in [3.63, 3.8) is 0 Å². The molecule has 7 nitrogen and oxygen atoms in total. The molecule has 1 aromatic carbocycles. The first kappa shape index (κ1) is 21.2. The van der Waals surface area contributed by atoms with Crippen molar-refractivity contribution in [1.82, 2.24) is 14.7 Å². The fourth-order valence-electron chi connectivity index (χ4n) is 4.42. The molecule has 1 aliphatic heterocycles. The largest absolute Gasteiger partial charge is 0.485 e. The van der Waals surface area contributed by atoms with E-state index >= 15 is 0 Å². The number of rotatable bonds is 7. The summed E-state index contributed by atoms with van der Waals surface area (Å²) in [5.74, 6) is -1.45. The number of carbonyl (C=O) groups excluding carboxylic acids is 1. The molecule has 1 saturated carbocycles. The van der Waals surface area contributed by atoms with Gasteiger partial charge in [-0.25, -0.2) is 13.8 Å². The summed E-state index contributed by atoms with van der Waals surface area (Å²) < 4.78 is 35.5. The van der Waals surface area contributed by atoms with Gasteiger partial charge in [-0.15, -0.1) is 0 Å². The van der Waals surface area contributed by atoms with Crippen molar-refractivity contribution in [3.05, 3.63) is 64.6 Å². The van der Waals surface area contributed by atoms with Crippen LogP contribution in [0.5, 0.6) is 5.75 Å². The lowest BCUT2D eigenvalue weighted by atomic mass is 10.2. The standard InChI is InChI=1S/C24H23F2N5O2/c1-2-18-21(23(32)30-20-10-24(20)7-4-8-28-24)31-12-14(11-27)9-19(22(31)29-18)33-13-15-16(25)5-3-6-17(15)26/h3,5-6,8-9,11-12,20,27H,2,4,7,10,13H2,1H3,(H,30,32). The number of amides is 1. The first-order valence-corrected chi connectivity index (χ1v) is 10.9. The van der Waals surface area contributed by atoms with Crippen LogP contribution >= 0.6 is 0 Å². The van der Waals surface area contributed by atoms with Gasteiger partial charge >= 0.3 is 0 Å². The summed E-state index contributed by atoms with van der Waals surface area (Å²) >= 11 is 0. The van der Waals surface area contributed by atoms with Crippen LogP contribution in [-0.2, 0) is 13.0 Å². The van der Waals surface area contributed by atoms with E-state index < -0.39 is 11.6 Å². The van der Waals surface area contributed by atoms with E-state index in [1.807, 2.05) is 13.1 Å². The summed E-state index contributed by atoms with van der Waals surface area (Å²) in [6, 6.07) is 5.17. The Kier molecular flexibility index (Phi) is 5.19. The second-order valence-corrected chi connectivity index (χ2v) is 8.41. The highest BCUT2D eigenvalue weighted by Crippen LogP contribution is 2.46. The van der Waals surface area contributed by atoms with Gasteiger partial charge in [-0.2, -0.15) is 0 Å². The van der Waals surface area contributed by atoms with Gasteiger partial charge in [0, 0.05) is 18.0 Å². The number of aryl methyl sites for hydroxylation is 1. The molecule has 2 aromatic heterocycles. The smallest absolute Gasteiger partial charge is 0.270 e. The van der Waals surface area contributed by atoms with Crippen LogP contribution in [0.2, 0.25) is 0 Å². The number of pyridine rings is 1. The summed E-state index contributed by atoms with van der Waals surface area (Å²) in [5.41, 5.74) is 1.38. The highest BCUT2D eigenvalue weighted by molar-refractivity contribution is 5.96. The molecule has 1 aliphatic carbocycles. The number of nitrogens with zero attached hydrogens (tertiary/aromatic N) is 3. The van der Waals surface area contributed by atoms with Gasteiger partial charge in [0.2, 0.25) is 0 Å². The van der Waals surface area contributed by atoms with Crippen molar-refractivity contribution >= 4 is 24.0 Å². The summed E-state index contributed by atoms with van der Waals surface area (Å²) in [6.07, 6.45) is 7.85. The number of hydrogen-bond acceptors (Lipinski definition) is 5. The van der Waals surface area contributed by atoms with E-state index in [4.69, 9.17) is 10.1 Å². The summed E-state index contributed by atoms with van der Waals surface area (Å²) in [5, 5.41) is 10.8. The lowest BCUT2D eigenvalue weighted by molar-refractivity contribution is 0.0941. The van der Waals surface area contributed by atoms with Gasteiger partial charge < -0.3 is 15.5 Å². The van der Waals surface area contributed by atoms with Crippen molar-refractivity contribution in [2.45, 2.75) is 50.8 Å². The Morgan fingerprint density at radius 1 is 1.39 bits per heavy atom. The molecule has 170 valence electrons. The third-order valence-corrected chi connectivity index (χ3v) is 6.34. The molecule has 0 saturated heterocycles. The first-order valence-electron chi connectivity index (χ1n) is 10.9. The van der Waals surface area contributed by atoms with E-state index in [0.717, 1.165) is 37.6 Å². The van der Waals surface area contributed by atoms with Crippen LogP contribution in [0.1, 0.15) is 53.5 Å². The molecular formula is C24H23F2N5O2. The van der Waals surface area contributed by atoms with Gasteiger partial charge in [0.15, 0.2) is 11.4 Å². The van der Waals surface area contributed by atoms with Crippen molar-refractivity contribution in [1.29, 1.82) is 5.41 Å². The fraction of sp³-hybridized carbons (Fsp3) is 0.333. The Hall–Kier alpha value is -3.62. The molecule has 0 bridgehead atoms. The minimum atomic E-state index is -0.709. The normalized spacial score (nSPS) is 21.0. The number of imidazole rings is 1. The number of fused-ring (bicyclic) bond motifs is 1. The number of aromatic nitrogens is 2. The van der Waals surface area contributed by atoms with Gasteiger partial charge in [-0.3, -0.25) is 14.2 Å². The van der Waals surface area contributed by atoms with Gasteiger partial charge in [0.05, 0.1) is 22.8 Å². The molecule has 1 spiro atoms. The SMILES string of the molecule is CCc1nc2c(OCc3c(F)cccc3F)cc(C=N)cn2c1C(=O)NC1CC12CCC=N2. The van der Waals surface area contributed by atoms with Crippen molar-refractivity contribution in [2.75, 3.05) is 0 Å². The Balaban J connectivity index is 1.49. The number of hydrogen-bond donors (Lipinski definition) is 2. The van der Waals surface area contributed by atoms with Crippen molar-refractivity contribution in [3.8, 4) is 5.75 Å². The zero-order chi connectivity index (χ0) is 23.2. The second kappa shape index (κ2) is 8.06. The minimum absolute atomic E-state index is 0.00956. The average Bonchev–Trinajstić information content (AvgIpc) is 3.13. The summed E-state index contributed by atoms with van der Waals surface area (Å²) in [6.45, 7) is 1.54. The summed E-state index contributed by atoms with van der Waals surface area (Å²) in [7, 11) is 0. The van der Waals surface area contributed by atoms with Crippen LogP contribution in [0, 0.1) is 17.0 Å². The highest BCUT2D eigenvalue weighted by atomic mass is 19.1. The predicted octanol–water partition coefficient (Wildman–Crippen LogP) is 3.86. The molecule has 1 amide bonds. The van der Waals surface area contributed by atoms with E-state index in [2.05, 4.69) is 15.3 Å². The van der Waals surface area contributed by atoms with Gasteiger partial charge in [0.25, 0.3) is 5.91 Å². The number of benzene rings is 1. The zero-order valence-electron chi connectivity index (χ0n) is 18.1. The third kappa shape index (κ3) is 3.67. The molecule has 2 N–H and O–H groups in total. The van der Waals surface area contributed by atoms with E-state index in [0.29, 0.717) is 29.0 Å². The van der Waals surface area contributed by atoms with Crippen LogP contribution < -0.4 is 10.1 Å². The Labute approximate surface area is 189 Å². The Bertz CT molecular complexity index is 1280. The molecule has 2 aliphatic rings. The van der Waals surface area contributed by atoms with E-state index in [1.165, 1.54) is 6.07 Å². The zero-order valence-corrected chi connectivity index (χ0v) is 18.1. The van der Waals surface area contributed by atoms with Crippen LogP contribution in [0.4, 0.5) is 8.78 Å². The maximum atomic E-state index is 14.1. The summed E-state index contributed by atoms with van der Waals surface area (Å²) in [4.78, 5) is 22.4. The topological polar surface area (TPSA) is 91.8 Å². The lowest BCUT2D eigenvalue weighted by Crippen LogP contribution is -2.32. The van der Waals surface area contributed by atoms with Gasteiger partial charge in [-0.1, -0.05) is 13.0 Å². The third-order valence-electron chi connectivity index (χ3n) is 6.34. The maximum Gasteiger partial charge on any atom is 0.270 e. The predicted molar refractivity (Wildman–Crippen MR) is 119 cm³/mol. The highest BCUT2D eigenvalue weighted by Gasteiger charge is 2.56. The molecule has 3 aromatic rings. The van der Waals surface area contributed by atoms with Gasteiger partial charge in [-0.05, 0) is 50.1 Å². The molecule has 2 atom stereocenters. The molecule has 9 heteroatoms. The molecule has 1 fully saturated rings. The average molecular weight is 451 g/mol. The quantitative estimate of drug-likeness (QED) is 0.535. The molecule has 0 radical (unpaired) electrons. The second-order valence-electron chi connectivity index (χ2n) is 8.41. The molecule has 33 heavy (non-hydrogen) atoms. The maximum absolute atomic E-state index is 14.1. The van der Waals surface area contributed by atoms with Crippen LogP contribution in [0.3, 0.4) is 0 Å². The number of aliphatic imine (C=N–C) groups is 1. The number of ether oxygens (including phenoxy) is 1. The monoisotopic (exact) mass is 451 g/mol. The number of halogens is 2. The van der Waals surface area contributed by atoms with E-state index in [9.17, 15) is 13.6 Å². The number of nitrogens with one attached hydrogen (secondary N) is 2.